The molecule has 0 amide bonds. The minimum atomic E-state index is -4.72. The number of halogens is 7. The molecule has 20 heavy (non-hydrogen) atoms. The molecular weight excluding hydrogens is 447 g/mol. The molecule has 1 aromatic heterocycles. The molecule has 2 aromatic rings. The fraction of sp³-hybridized carbons (Fsp3) is 0.167. The highest BCUT2D eigenvalue weighted by atomic mass is 79.9. The molecule has 0 spiro atoms. The highest BCUT2D eigenvalue weighted by Gasteiger charge is 2.35. The molecule has 0 aliphatic carbocycles. The molecule has 0 bridgehead atoms. The average Bonchev–Trinajstić information content (AvgIpc) is 2.67. The molecule has 2 rings (SSSR count). The topological polar surface area (TPSA) is 0 Å². The van der Waals surface area contributed by atoms with Gasteiger partial charge in [0.05, 0.1) is 10.4 Å². The van der Waals surface area contributed by atoms with E-state index in [2.05, 4.69) is 31.9 Å². The second-order valence-electron chi connectivity index (χ2n) is 3.84. The van der Waals surface area contributed by atoms with Crippen LogP contribution in [0.15, 0.2) is 28.7 Å². The first kappa shape index (κ1) is 16.3. The molecule has 0 nitrogen and oxygen atoms in total. The Hall–Kier alpha value is -0.110. The van der Waals surface area contributed by atoms with Crippen LogP contribution in [0.2, 0.25) is 4.34 Å². The van der Waals surface area contributed by atoms with Gasteiger partial charge in [-0.05, 0) is 28.1 Å². The van der Waals surface area contributed by atoms with E-state index < -0.39 is 22.4 Å². The van der Waals surface area contributed by atoms with Gasteiger partial charge in [0.15, 0.2) is 0 Å². The lowest BCUT2D eigenvalue weighted by Gasteiger charge is -2.14. The van der Waals surface area contributed by atoms with Crippen molar-refractivity contribution in [2.45, 2.75) is 11.0 Å². The fourth-order valence-electron chi connectivity index (χ4n) is 1.61. The lowest BCUT2D eigenvalue weighted by molar-refractivity contribution is -0.140. The van der Waals surface area contributed by atoms with Crippen molar-refractivity contribution in [3.8, 4) is 0 Å². The zero-order valence-electron chi connectivity index (χ0n) is 9.44. The monoisotopic (exact) mass is 450 g/mol. The molecule has 0 saturated heterocycles. The zero-order chi connectivity index (χ0) is 15.1. The molecule has 108 valence electrons. The van der Waals surface area contributed by atoms with E-state index in [0.29, 0.717) is 13.7 Å². The molecule has 1 unspecified atom stereocenters. The highest BCUT2D eigenvalue weighted by molar-refractivity contribution is 9.10. The molecule has 0 fully saturated rings. The van der Waals surface area contributed by atoms with Gasteiger partial charge >= 0.3 is 6.18 Å². The largest absolute Gasteiger partial charge is 0.419 e. The summed E-state index contributed by atoms with van der Waals surface area (Å²) in [6, 6.07) is 4.85. The normalized spacial score (nSPS) is 13.6. The van der Waals surface area contributed by atoms with Gasteiger partial charge in [-0.25, -0.2) is 4.39 Å². The SMILES string of the molecule is Fc1c(C(Br)c2cc(Br)c(Cl)s2)cccc1C(F)(F)F. The van der Waals surface area contributed by atoms with Gasteiger partial charge in [0.2, 0.25) is 0 Å². The van der Waals surface area contributed by atoms with E-state index in [1.807, 2.05) is 0 Å². The van der Waals surface area contributed by atoms with Gasteiger partial charge in [0.25, 0.3) is 0 Å². The molecule has 0 radical (unpaired) electrons. The third-order valence-electron chi connectivity index (χ3n) is 2.52. The van der Waals surface area contributed by atoms with Crippen LogP contribution >= 0.6 is 54.8 Å². The highest BCUT2D eigenvalue weighted by Crippen LogP contribution is 2.43. The Bertz CT molecular complexity index is 619. The van der Waals surface area contributed by atoms with E-state index in [0.717, 1.165) is 17.4 Å². The van der Waals surface area contributed by atoms with Crippen LogP contribution in [0.1, 0.15) is 20.8 Å². The second kappa shape index (κ2) is 5.94. The van der Waals surface area contributed by atoms with E-state index in [9.17, 15) is 17.6 Å². The van der Waals surface area contributed by atoms with Gasteiger partial charge in [-0.15, -0.1) is 11.3 Å². The molecular formula is C12H5Br2ClF4S. The summed E-state index contributed by atoms with van der Waals surface area (Å²) < 4.78 is 53.1. The van der Waals surface area contributed by atoms with Gasteiger partial charge < -0.3 is 0 Å². The van der Waals surface area contributed by atoms with Gasteiger partial charge in [-0.2, -0.15) is 13.2 Å². The quantitative estimate of drug-likeness (QED) is 0.347. The van der Waals surface area contributed by atoms with E-state index >= 15 is 0 Å². The third-order valence-corrected chi connectivity index (χ3v) is 6.35. The number of thiophene rings is 1. The maximum absolute atomic E-state index is 14.0. The summed E-state index contributed by atoms with van der Waals surface area (Å²) in [5.74, 6) is -1.28. The standard InChI is InChI=1S/C12H5Br2ClF4S/c13-7-4-8(20-11(7)15)9(14)5-2-1-3-6(10(5)16)12(17,18)19/h1-4,9H. The number of benzene rings is 1. The Balaban J connectivity index is 2.48. The van der Waals surface area contributed by atoms with Crippen LogP contribution in [0.5, 0.6) is 0 Å². The first-order valence-electron chi connectivity index (χ1n) is 5.16. The van der Waals surface area contributed by atoms with Crippen molar-refractivity contribution in [2.24, 2.45) is 0 Å². The molecule has 0 aliphatic heterocycles. The Morgan fingerprint density at radius 2 is 1.90 bits per heavy atom. The summed E-state index contributed by atoms with van der Waals surface area (Å²) in [5.41, 5.74) is -1.36. The summed E-state index contributed by atoms with van der Waals surface area (Å²) >= 11 is 13.5. The predicted octanol–water partition coefficient (Wildman–Crippen LogP) is 6.81. The molecule has 1 aromatic carbocycles. The van der Waals surface area contributed by atoms with Gasteiger partial charge in [0.1, 0.15) is 10.2 Å². The second-order valence-corrected chi connectivity index (χ2v) is 7.30. The van der Waals surface area contributed by atoms with Crippen molar-refractivity contribution in [2.75, 3.05) is 0 Å². The number of hydrogen-bond donors (Lipinski definition) is 0. The first-order valence-corrected chi connectivity index (χ1v) is 8.06. The zero-order valence-corrected chi connectivity index (χ0v) is 14.2. The fourth-order valence-corrected chi connectivity index (χ4v) is 4.11. The molecule has 1 heterocycles. The summed E-state index contributed by atoms with van der Waals surface area (Å²) in [7, 11) is 0. The van der Waals surface area contributed by atoms with Crippen LogP contribution < -0.4 is 0 Å². The lowest BCUT2D eigenvalue weighted by Crippen LogP contribution is -2.10. The average molecular weight is 452 g/mol. The van der Waals surface area contributed by atoms with Crippen LogP contribution in [-0.4, -0.2) is 0 Å². The predicted molar refractivity (Wildman–Crippen MR) is 79.2 cm³/mol. The van der Waals surface area contributed by atoms with E-state index in [1.165, 1.54) is 12.1 Å². The summed E-state index contributed by atoms with van der Waals surface area (Å²) in [6.45, 7) is 0. The molecule has 1 atom stereocenters. The van der Waals surface area contributed by atoms with Gasteiger partial charge in [0, 0.05) is 14.9 Å². The van der Waals surface area contributed by atoms with Crippen molar-refractivity contribution in [3.63, 3.8) is 0 Å². The Kier molecular flexibility index (Phi) is 4.83. The van der Waals surface area contributed by atoms with E-state index in [1.54, 1.807) is 6.07 Å². The van der Waals surface area contributed by atoms with Crippen molar-refractivity contribution >= 4 is 54.8 Å². The Morgan fingerprint density at radius 3 is 2.40 bits per heavy atom. The maximum atomic E-state index is 14.0. The maximum Gasteiger partial charge on any atom is 0.419 e. The molecule has 0 saturated carbocycles. The number of hydrogen-bond acceptors (Lipinski definition) is 1. The van der Waals surface area contributed by atoms with Crippen LogP contribution in [0, 0.1) is 5.82 Å². The summed E-state index contributed by atoms with van der Waals surface area (Å²) in [6.07, 6.45) is -4.72. The van der Waals surface area contributed by atoms with Crippen molar-refractivity contribution in [3.05, 3.63) is 54.9 Å². The molecule has 8 heteroatoms. The smallest absolute Gasteiger partial charge is 0.206 e. The Morgan fingerprint density at radius 1 is 1.25 bits per heavy atom. The van der Waals surface area contributed by atoms with Crippen LogP contribution in [0.3, 0.4) is 0 Å². The lowest BCUT2D eigenvalue weighted by atomic mass is 10.1. The van der Waals surface area contributed by atoms with Crippen LogP contribution in [0.25, 0.3) is 0 Å². The van der Waals surface area contributed by atoms with Crippen molar-refractivity contribution in [1.82, 2.24) is 0 Å². The Labute approximate surface area is 138 Å². The number of rotatable bonds is 2. The minimum absolute atomic E-state index is 0.0785. The van der Waals surface area contributed by atoms with E-state index in [4.69, 9.17) is 11.6 Å². The first-order chi connectivity index (χ1) is 9.21. The summed E-state index contributed by atoms with van der Waals surface area (Å²) in [4.78, 5) is -0.0845. The van der Waals surface area contributed by atoms with E-state index in [-0.39, 0.29) is 5.56 Å². The molecule has 0 N–H and O–H groups in total. The van der Waals surface area contributed by atoms with Crippen LogP contribution in [0.4, 0.5) is 17.6 Å². The molecule has 0 aliphatic rings. The van der Waals surface area contributed by atoms with Crippen molar-refractivity contribution < 1.29 is 17.6 Å². The minimum Gasteiger partial charge on any atom is -0.206 e. The van der Waals surface area contributed by atoms with Crippen molar-refractivity contribution in [1.29, 1.82) is 0 Å². The number of alkyl halides is 4. The van der Waals surface area contributed by atoms with Gasteiger partial charge in [-0.1, -0.05) is 39.7 Å². The summed E-state index contributed by atoms with van der Waals surface area (Å²) in [5, 5.41) is 0. The van der Waals surface area contributed by atoms with Gasteiger partial charge in [-0.3, -0.25) is 0 Å². The van der Waals surface area contributed by atoms with Crippen LogP contribution in [-0.2, 0) is 6.18 Å². The third kappa shape index (κ3) is 3.21.